The molecule has 2 aliphatic heterocycles. The minimum Gasteiger partial charge on any atom is -0.490 e. The molecule has 0 radical (unpaired) electrons. The maximum Gasteiger partial charge on any atom is 0.243 e. The van der Waals surface area contributed by atoms with Crippen molar-refractivity contribution in [2.45, 2.75) is 95.2 Å². The van der Waals surface area contributed by atoms with Crippen molar-refractivity contribution in [1.29, 1.82) is 0 Å². The largest absolute Gasteiger partial charge is 0.490 e. The van der Waals surface area contributed by atoms with Crippen LogP contribution < -0.4 is 9.64 Å². The molecule has 6 rings (SSSR count). The zero-order valence-corrected chi connectivity index (χ0v) is 33.5. The molecule has 1 saturated heterocycles. The zero-order valence-electron chi connectivity index (χ0n) is 32.7. The SMILES string of the molecule is CCO[C@H](C)COCc1ccc([C@H]2C[C@H](C[C@@H](C)c3nnn[nH]3)N(S(=O)(=O)c3ccc(C)cc3)C[C@@H]2OCc2ccc3c(c2)N(CCCOC)CCO3)cc1. The third kappa shape index (κ3) is 10.5. The highest BCUT2D eigenvalue weighted by molar-refractivity contribution is 7.89. The van der Waals surface area contributed by atoms with E-state index in [1.807, 2.05) is 52.0 Å². The molecule has 0 unspecified atom stereocenters. The van der Waals surface area contributed by atoms with Crippen LogP contribution in [0.25, 0.3) is 0 Å². The number of hydrogen-bond donors (Lipinski definition) is 1. The molecule has 0 aliphatic carbocycles. The Kier molecular flexibility index (Phi) is 14.3. The van der Waals surface area contributed by atoms with Gasteiger partial charge in [-0.1, -0.05) is 55.0 Å². The summed E-state index contributed by atoms with van der Waals surface area (Å²) >= 11 is 0. The molecule has 13 nitrogen and oxygen atoms in total. The lowest BCUT2D eigenvalue weighted by Gasteiger charge is -2.44. The minimum atomic E-state index is -3.89. The highest BCUT2D eigenvalue weighted by Crippen LogP contribution is 2.40. The van der Waals surface area contributed by atoms with Crippen LogP contribution in [0.15, 0.2) is 71.6 Å². The van der Waals surface area contributed by atoms with Crippen LogP contribution >= 0.6 is 0 Å². The summed E-state index contributed by atoms with van der Waals surface area (Å²) in [6, 6.07) is 21.3. The van der Waals surface area contributed by atoms with Gasteiger partial charge in [0, 0.05) is 51.3 Å². The number of fused-ring (bicyclic) bond motifs is 1. The summed E-state index contributed by atoms with van der Waals surface area (Å²) in [5.74, 6) is 1.28. The van der Waals surface area contributed by atoms with E-state index in [2.05, 4.69) is 55.9 Å². The number of piperidine rings is 1. The van der Waals surface area contributed by atoms with Gasteiger partial charge in [0.25, 0.3) is 0 Å². The van der Waals surface area contributed by atoms with Gasteiger partial charge in [-0.2, -0.15) is 4.31 Å². The van der Waals surface area contributed by atoms with Crippen molar-refractivity contribution >= 4 is 15.7 Å². The van der Waals surface area contributed by atoms with E-state index in [-0.39, 0.29) is 35.4 Å². The predicted octanol–water partition coefficient (Wildman–Crippen LogP) is 6.01. The smallest absolute Gasteiger partial charge is 0.243 e. The van der Waals surface area contributed by atoms with Crippen molar-refractivity contribution in [2.24, 2.45) is 0 Å². The normalized spacial score (nSPS) is 20.2. The number of aryl methyl sites for hydroxylation is 1. The number of anilines is 1. The standard InChI is InChI=1S/C41H56N6O7S/c1-6-52-31(4)26-51-27-32-10-13-34(14-11-32)37-24-35(22-30(3)41-42-44-45-43-41)47(55(48,49)36-15-8-29(2)9-16-36)25-40(37)54-28-33-12-17-39-38(23-33)46(19-21-53-39)18-7-20-50-5/h8-17,23,30-31,35,37,40H,6-7,18-22,24-28H2,1-5H3,(H,42,43,44,45)/t30-,31-,35+,37-,40+/m1/s1. The van der Waals surface area contributed by atoms with Gasteiger partial charge in [-0.25, -0.2) is 13.5 Å². The van der Waals surface area contributed by atoms with Crippen LogP contribution in [0.5, 0.6) is 5.75 Å². The number of rotatable bonds is 19. The minimum absolute atomic E-state index is 0.0250. The summed E-state index contributed by atoms with van der Waals surface area (Å²) < 4.78 is 60.5. The van der Waals surface area contributed by atoms with Crippen LogP contribution in [0.3, 0.4) is 0 Å². The van der Waals surface area contributed by atoms with E-state index in [0.29, 0.717) is 58.3 Å². The van der Waals surface area contributed by atoms with Gasteiger partial charge in [-0.05, 0) is 91.4 Å². The van der Waals surface area contributed by atoms with Crippen LogP contribution in [0, 0.1) is 6.92 Å². The Hall–Kier alpha value is -3.92. The van der Waals surface area contributed by atoms with Crippen molar-refractivity contribution in [2.75, 3.05) is 58.1 Å². The molecular weight excluding hydrogens is 721 g/mol. The molecule has 1 fully saturated rings. The van der Waals surface area contributed by atoms with Crippen LogP contribution in [-0.2, 0) is 42.2 Å². The van der Waals surface area contributed by atoms with Gasteiger partial charge in [0.05, 0.1) is 49.2 Å². The predicted molar refractivity (Wildman–Crippen MR) is 210 cm³/mol. The fourth-order valence-corrected chi connectivity index (χ4v) is 9.22. The monoisotopic (exact) mass is 776 g/mol. The fraction of sp³-hybridized carbons (Fsp3) is 0.537. The van der Waals surface area contributed by atoms with E-state index >= 15 is 0 Å². The highest BCUT2D eigenvalue weighted by atomic mass is 32.2. The number of hydrogen-bond acceptors (Lipinski definition) is 11. The van der Waals surface area contributed by atoms with E-state index in [4.69, 9.17) is 23.7 Å². The zero-order chi connectivity index (χ0) is 38.8. The molecular formula is C41H56N6O7S. The molecule has 2 aliphatic rings. The molecule has 3 heterocycles. The molecule has 0 bridgehead atoms. The van der Waals surface area contributed by atoms with E-state index in [1.165, 1.54) is 0 Å². The summed E-state index contributed by atoms with van der Waals surface area (Å²) in [6.45, 7) is 13.1. The Bertz CT molecular complexity index is 1880. The van der Waals surface area contributed by atoms with Crippen molar-refractivity contribution in [1.82, 2.24) is 24.9 Å². The molecule has 298 valence electrons. The number of aromatic amines is 1. The van der Waals surface area contributed by atoms with Gasteiger partial charge < -0.3 is 28.6 Å². The first kappa shape index (κ1) is 40.7. The molecule has 55 heavy (non-hydrogen) atoms. The maximum absolute atomic E-state index is 14.5. The van der Waals surface area contributed by atoms with E-state index in [0.717, 1.165) is 53.2 Å². The number of methoxy groups -OCH3 is 1. The highest BCUT2D eigenvalue weighted by Gasteiger charge is 2.43. The first-order valence-corrected chi connectivity index (χ1v) is 20.8. The molecule has 1 N–H and O–H groups in total. The first-order valence-electron chi connectivity index (χ1n) is 19.4. The lowest BCUT2D eigenvalue weighted by Crippen LogP contribution is -2.52. The lowest BCUT2D eigenvalue weighted by molar-refractivity contribution is -0.0215. The van der Waals surface area contributed by atoms with Crippen molar-refractivity contribution in [3.8, 4) is 5.75 Å². The molecule has 0 saturated carbocycles. The average molecular weight is 777 g/mol. The number of tetrazole rings is 1. The van der Waals surface area contributed by atoms with Crippen LogP contribution in [-0.4, -0.2) is 105 Å². The van der Waals surface area contributed by atoms with Crippen molar-refractivity contribution in [3.63, 3.8) is 0 Å². The number of sulfonamides is 1. The fourth-order valence-electron chi connectivity index (χ4n) is 7.56. The van der Waals surface area contributed by atoms with Gasteiger partial charge in [0.15, 0.2) is 5.82 Å². The Morgan fingerprint density at radius 1 is 1.02 bits per heavy atom. The number of nitrogens with one attached hydrogen (secondary N) is 1. The second-order valence-electron chi connectivity index (χ2n) is 14.7. The molecule has 0 spiro atoms. The van der Waals surface area contributed by atoms with Crippen LogP contribution in [0.4, 0.5) is 5.69 Å². The second kappa shape index (κ2) is 19.3. The Balaban J connectivity index is 1.29. The lowest BCUT2D eigenvalue weighted by atomic mass is 9.81. The summed E-state index contributed by atoms with van der Waals surface area (Å²) in [5.41, 5.74) is 5.17. The van der Waals surface area contributed by atoms with Gasteiger partial charge in [0.1, 0.15) is 12.4 Å². The third-order valence-electron chi connectivity index (χ3n) is 10.5. The molecule has 14 heteroatoms. The number of ether oxygens (including phenoxy) is 5. The van der Waals surface area contributed by atoms with E-state index in [9.17, 15) is 8.42 Å². The number of aromatic nitrogens is 4. The summed E-state index contributed by atoms with van der Waals surface area (Å²) in [5, 5.41) is 14.6. The maximum atomic E-state index is 14.5. The van der Waals surface area contributed by atoms with Crippen molar-refractivity contribution < 1.29 is 32.1 Å². The molecule has 5 atom stereocenters. The Morgan fingerprint density at radius 3 is 2.53 bits per heavy atom. The van der Waals surface area contributed by atoms with Crippen LogP contribution in [0.1, 0.15) is 79.9 Å². The Morgan fingerprint density at radius 2 is 1.80 bits per heavy atom. The molecule has 1 aromatic heterocycles. The summed E-state index contributed by atoms with van der Waals surface area (Å²) in [6.07, 6.45) is 1.58. The average Bonchev–Trinajstić information content (AvgIpc) is 3.74. The second-order valence-corrected chi connectivity index (χ2v) is 16.6. The van der Waals surface area contributed by atoms with Gasteiger partial charge in [-0.15, -0.1) is 5.10 Å². The number of H-pyrrole nitrogens is 1. The Labute approximate surface area is 325 Å². The van der Waals surface area contributed by atoms with Crippen molar-refractivity contribution in [3.05, 3.63) is 94.8 Å². The van der Waals surface area contributed by atoms with E-state index in [1.54, 1.807) is 23.5 Å². The van der Waals surface area contributed by atoms with Gasteiger partial charge in [-0.3, -0.25) is 0 Å². The van der Waals surface area contributed by atoms with Crippen LogP contribution in [0.2, 0.25) is 0 Å². The third-order valence-corrected chi connectivity index (χ3v) is 12.5. The molecule has 4 aromatic rings. The first-order chi connectivity index (χ1) is 26.7. The molecule has 3 aromatic carbocycles. The van der Waals surface area contributed by atoms with E-state index < -0.39 is 16.1 Å². The summed E-state index contributed by atoms with van der Waals surface area (Å²) in [7, 11) is -2.17. The van der Waals surface area contributed by atoms with Gasteiger partial charge >= 0.3 is 0 Å². The topological polar surface area (TPSA) is 141 Å². The quantitative estimate of drug-likeness (QED) is 0.112. The number of benzene rings is 3. The molecule has 0 amide bonds. The number of nitrogens with zero attached hydrogens (tertiary/aromatic N) is 5. The summed E-state index contributed by atoms with van der Waals surface area (Å²) in [4.78, 5) is 2.60. The van der Waals surface area contributed by atoms with Gasteiger partial charge in [0.2, 0.25) is 10.0 Å².